The Labute approximate surface area is 116 Å². The molecule has 0 atom stereocenters. The second-order valence-electron chi connectivity index (χ2n) is 4.17. The first-order valence-corrected chi connectivity index (χ1v) is 6.90. The van der Waals surface area contributed by atoms with Gasteiger partial charge in [0.2, 0.25) is 0 Å². The number of nitrogens with two attached hydrogens (primary N) is 1. The van der Waals surface area contributed by atoms with E-state index in [0.29, 0.717) is 5.69 Å². The summed E-state index contributed by atoms with van der Waals surface area (Å²) in [6, 6.07) is 9.23. The zero-order valence-corrected chi connectivity index (χ0v) is 11.5. The molecule has 0 amide bonds. The maximum absolute atomic E-state index is 11.1. The molecule has 1 aromatic carbocycles. The van der Waals surface area contributed by atoms with Crippen LogP contribution in [0.2, 0.25) is 0 Å². The van der Waals surface area contributed by atoms with Crippen LogP contribution in [0.4, 0.5) is 11.4 Å². The number of nitrogen functional groups attached to an aromatic ring is 1. The number of benzene rings is 1. The summed E-state index contributed by atoms with van der Waals surface area (Å²) in [5, 5.41) is 11.1. The average molecular weight is 276 g/mol. The van der Waals surface area contributed by atoms with Gasteiger partial charge in [-0.05, 0) is 36.6 Å². The Morgan fingerprint density at radius 1 is 1.42 bits per heavy atom. The van der Waals surface area contributed by atoms with E-state index < -0.39 is 5.97 Å². The third kappa shape index (κ3) is 3.06. The van der Waals surface area contributed by atoms with E-state index in [1.54, 1.807) is 23.5 Å². The van der Waals surface area contributed by atoms with Crippen LogP contribution < -0.4 is 10.6 Å². The standard InChI is InChI=1S/C14H16N2O2S/c1-2-16(9-11-4-3-7-19-11)10-5-6-13(15)12(8-10)14(17)18/h3-8H,2,9,15H2,1H3,(H,17,18). The number of carboxylic acid groups (broad SMARTS) is 1. The van der Waals surface area contributed by atoms with Crippen molar-refractivity contribution in [2.45, 2.75) is 13.5 Å². The molecule has 2 rings (SSSR count). The molecule has 0 bridgehead atoms. The minimum atomic E-state index is -0.994. The molecular weight excluding hydrogens is 260 g/mol. The first-order valence-electron chi connectivity index (χ1n) is 6.02. The summed E-state index contributed by atoms with van der Waals surface area (Å²) >= 11 is 1.69. The Balaban J connectivity index is 2.28. The Hall–Kier alpha value is -2.01. The summed E-state index contributed by atoms with van der Waals surface area (Å²) in [7, 11) is 0. The molecule has 0 aliphatic carbocycles. The SMILES string of the molecule is CCN(Cc1cccs1)c1ccc(N)c(C(=O)O)c1. The highest BCUT2D eigenvalue weighted by Crippen LogP contribution is 2.24. The van der Waals surface area contributed by atoms with Gasteiger partial charge in [-0.3, -0.25) is 0 Å². The van der Waals surface area contributed by atoms with Crippen molar-refractivity contribution in [2.75, 3.05) is 17.2 Å². The molecular formula is C14H16N2O2S. The van der Waals surface area contributed by atoms with Crippen molar-refractivity contribution in [3.05, 3.63) is 46.2 Å². The number of rotatable bonds is 5. The molecule has 0 unspecified atom stereocenters. The van der Waals surface area contributed by atoms with E-state index in [-0.39, 0.29) is 5.56 Å². The van der Waals surface area contributed by atoms with Crippen molar-refractivity contribution in [3.8, 4) is 0 Å². The third-order valence-electron chi connectivity index (χ3n) is 2.94. The molecule has 0 saturated carbocycles. The fourth-order valence-corrected chi connectivity index (χ4v) is 2.62. The third-order valence-corrected chi connectivity index (χ3v) is 3.80. The fourth-order valence-electron chi connectivity index (χ4n) is 1.90. The zero-order chi connectivity index (χ0) is 13.8. The molecule has 1 aromatic heterocycles. The highest BCUT2D eigenvalue weighted by molar-refractivity contribution is 7.09. The summed E-state index contributed by atoms with van der Waals surface area (Å²) in [6.07, 6.45) is 0. The normalized spacial score (nSPS) is 10.4. The summed E-state index contributed by atoms with van der Waals surface area (Å²) < 4.78 is 0. The van der Waals surface area contributed by atoms with Gasteiger partial charge in [0.05, 0.1) is 12.1 Å². The van der Waals surface area contributed by atoms with Crippen LogP contribution in [0, 0.1) is 0 Å². The number of thiophene rings is 1. The molecule has 0 aliphatic heterocycles. The quantitative estimate of drug-likeness (QED) is 0.824. The van der Waals surface area contributed by atoms with Crippen LogP contribution in [0.1, 0.15) is 22.2 Å². The van der Waals surface area contributed by atoms with Gasteiger partial charge in [0, 0.05) is 22.8 Å². The molecule has 100 valence electrons. The first kappa shape index (κ1) is 13.4. The number of aromatic carboxylic acids is 1. The van der Waals surface area contributed by atoms with Gasteiger partial charge in [0.1, 0.15) is 0 Å². The summed E-state index contributed by atoms with van der Waals surface area (Å²) in [5.74, 6) is -0.994. The van der Waals surface area contributed by atoms with Gasteiger partial charge in [-0.15, -0.1) is 11.3 Å². The van der Waals surface area contributed by atoms with Crippen LogP contribution in [-0.4, -0.2) is 17.6 Å². The van der Waals surface area contributed by atoms with E-state index >= 15 is 0 Å². The van der Waals surface area contributed by atoms with Crippen molar-refractivity contribution >= 4 is 28.7 Å². The highest BCUT2D eigenvalue weighted by atomic mass is 32.1. The highest BCUT2D eigenvalue weighted by Gasteiger charge is 2.12. The average Bonchev–Trinajstić information content (AvgIpc) is 2.89. The monoisotopic (exact) mass is 276 g/mol. The lowest BCUT2D eigenvalue weighted by molar-refractivity contribution is 0.0698. The minimum Gasteiger partial charge on any atom is -0.478 e. The Morgan fingerprint density at radius 3 is 2.79 bits per heavy atom. The number of nitrogens with zero attached hydrogens (tertiary/aromatic N) is 1. The van der Waals surface area contributed by atoms with Crippen LogP contribution in [0.3, 0.4) is 0 Å². The van der Waals surface area contributed by atoms with Crippen molar-refractivity contribution in [1.82, 2.24) is 0 Å². The summed E-state index contributed by atoms with van der Waals surface area (Å²) in [6.45, 7) is 3.63. The van der Waals surface area contributed by atoms with Crippen molar-refractivity contribution in [2.24, 2.45) is 0 Å². The van der Waals surface area contributed by atoms with Crippen molar-refractivity contribution < 1.29 is 9.90 Å². The van der Waals surface area contributed by atoms with E-state index in [1.807, 2.05) is 24.4 Å². The van der Waals surface area contributed by atoms with Gasteiger partial charge in [-0.1, -0.05) is 6.07 Å². The van der Waals surface area contributed by atoms with E-state index in [4.69, 9.17) is 10.8 Å². The molecule has 5 heteroatoms. The molecule has 19 heavy (non-hydrogen) atoms. The van der Waals surface area contributed by atoms with Crippen LogP contribution in [0.5, 0.6) is 0 Å². The maximum atomic E-state index is 11.1. The van der Waals surface area contributed by atoms with E-state index in [1.165, 1.54) is 4.88 Å². The predicted octanol–water partition coefficient (Wildman–Crippen LogP) is 3.05. The second kappa shape index (κ2) is 5.75. The number of hydrogen-bond acceptors (Lipinski definition) is 4. The molecule has 0 fully saturated rings. The molecule has 2 aromatic rings. The Bertz CT molecular complexity index is 567. The molecule has 4 nitrogen and oxygen atoms in total. The molecule has 0 saturated heterocycles. The topological polar surface area (TPSA) is 66.6 Å². The van der Waals surface area contributed by atoms with Gasteiger partial charge in [0.25, 0.3) is 0 Å². The Kier molecular flexibility index (Phi) is 4.06. The predicted molar refractivity (Wildman–Crippen MR) is 78.9 cm³/mol. The number of hydrogen-bond donors (Lipinski definition) is 2. The maximum Gasteiger partial charge on any atom is 0.337 e. The smallest absolute Gasteiger partial charge is 0.337 e. The summed E-state index contributed by atoms with van der Waals surface area (Å²) in [5.41, 5.74) is 7.00. The molecule has 0 spiro atoms. The lowest BCUT2D eigenvalue weighted by atomic mass is 10.1. The van der Waals surface area contributed by atoms with Gasteiger partial charge in [0.15, 0.2) is 0 Å². The lowest BCUT2D eigenvalue weighted by Gasteiger charge is -2.23. The van der Waals surface area contributed by atoms with Crippen LogP contribution >= 0.6 is 11.3 Å². The largest absolute Gasteiger partial charge is 0.478 e. The molecule has 0 aliphatic rings. The molecule has 1 heterocycles. The first-order chi connectivity index (χ1) is 9.11. The number of anilines is 2. The molecule has 0 radical (unpaired) electrons. The zero-order valence-electron chi connectivity index (χ0n) is 10.7. The van der Waals surface area contributed by atoms with Crippen molar-refractivity contribution in [1.29, 1.82) is 0 Å². The number of carboxylic acids is 1. The number of carbonyl (C=O) groups is 1. The minimum absolute atomic E-state index is 0.155. The lowest BCUT2D eigenvalue weighted by Crippen LogP contribution is -2.22. The van der Waals surface area contributed by atoms with E-state index in [2.05, 4.69) is 11.0 Å². The van der Waals surface area contributed by atoms with Crippen LogP contribution in [-0.2, 0) is 6.54 Å². The van der Waals surface area contributed by atoms with Crippen LogP contribution in [0.15, 0.2) is 35.7 Å². The van der Waals surface area contributed by atoms with E-state index in [0.717, 1.165) is 18.8 Å². The van der Waals surface area contributed by atoms with Gasteiger partial charge >= 0.3 is 5.97 Å². The van der Waals surface area contributed by atoms with Crippen LogP contribution in [0.25, 0.3) is 0 Å². The second-order valence-corrected chi connectivity index (χ2v) is 5.20. The van der Waals surface area contributed by atoms with Gasteiger partial charge in [-0.25, -0.2) is 4.79 Å². The molecule has 3 N–H and O–H groups in total. The fraction of sp³-hybridized carbons (Fsp3) is 0.214. The van der Waals surface area contributed by atoms with Crippen molar-refractivity contribution in [3.63, 3.8) is 0 Å². The summed E-state index contributed by atoms with van der Waals surface area (Å²) in [4.78, 5) is 14.5. The van der Waals surface area contributed by atoms with E-state index in [9.17, 15) is 4.79 Å². The Morgan fingerprint density at radius 2 is 2.21 bits per heavy atom. The van der Waals surface area contributed by atoms with Gasteiger partial charge in [-0.2, -0.15) is 0 Å². The van der Waals surface area contributed by atoms with Gasteiger partial charge < -0.3 is 15.7 Å².